The van der Waals surface area contributed by atoms with Crippen molar-refractivity contribution >= 4 is 35.6 Å². The fraction of sp³-hybridized carbons (Fsp3) is 0.667. The Kier molecular flexibility index (Phi) is 4.09. The Hall–Kier alpha value is 0.727. The normalized spacial score (nSPS) is 14.1. The molecule has 0 saturated heterocycles. The largest absolute Gasteiger partial charge is 0.122 e. The van der Waals surface area contributed by atoms with Gasteiger partial charge in [-0.05, 0) is 4.11 Å². The summed E-state index contributed by atoms with van der Waals surface area (Å²) < 4.78 is 1.31. The average Bonchev–Trinajstić information content (AvgIpc) is 1.64. The lowest BCUT2D eigenvalue weighted by molar-refractivity contribution is 1.68. The third-order valence-corrected chi connectivity index (χ3v) is 6.66. The van der Waals surface area contributed by atoms with Crippen LogP contribution in [0.15, 0.2) is 10.2 Å². The van der Waals surface area contributed by atoms with E-state index in [1.54, 1.807) is 0 Å². The van der Waals surface area contributed by atoms with E-state index in [0.29, 0.717) is 5.88 Å². The highest BCUT2D eigenvalue weighted by atomic mass is 79.9. The van der Waals surface area contributed by atoms with E-state index in [1.165, 1.54) is 4.11 Å². The van der Waals surface area contributed by atoms with Gasteiger partial charge in [-0.1, -0.05) is 41.6 Å². The second kappa shape index (κ2) is 3.79. The molecule has 3 heteroatoms. The predicted molar refractivity (Wildman–Crippen MR) is 51.1 cm³/mol. The van der Waals surface area contributed by atoms with E-state index in [4.69, 9.17) is 11.6 Å². The quantitative estimate of drug-likeness (QED) is 0.501. The molecule has 0 aliphatic rings. The third kappa shape index (κ3) is 4.17. The van der Waals surface area contributed by atoms with Gasteiger partial charge in [-0.3, -0.25) is 0 Å². The van der Waals surface area contributed by atoms with Gasteiger partial charge in [0.25, 0.3) is 0 Å². The molecule has 0 N–H and O–H groups in total. The fourth-order valence-electron chi connectivity index (χ4n) is 0.374. The van der Waals surface area contributed by atoms with Crippen molar-refractivity contribution < 1.29 is 0 Å². The molecule has 0 radical (unpaired) electrons. The molecule has 0 unspecified atom stereocenters. The summed E-state index contributed by atoms with van der Waals surface area (Å²) in [5.74, 6) is 0.616. The molecule has 0 aliphatic heterocycles. The number of rotatable bonds is 2. The number of halogens is 2. The van der Waals surface area contributed by atoms with E-state index in [0.717, 1.165) is 0 Å². The van der Waals surface area contributed by atoms with Gasteiger partial charge in [0.2, 0.25) is 0 Å². The van der Waals surface area contributed by atoms with Crippen LogP contribution in [0.5, 0.6) is 0 Å². The Balaban J connectivity index is 4.03. The molecule has 0 spiro atoms. The molecule has 0 aliphatic carbocycles. The Morgan fingerprint density at radius 1 is 1.56 bits per heavy atom. The van der Waals surface area contributed by atoms with Crippen LogP contribution >= 0.6 is 27.5 Å². The van der Waals surface area contributed by atoms with Crippen molar-refractivity contribution in [3.8, 4) is 0 Å². The molecule has 9 heavy (non-hydrogen) atoms. The van der Waals surface area contributed by atoms with Crippen molar-refractivity contribution in [2.45, 2.75) is 19.6 Å². The van der Waals surface area contributed by atoms with Crippen LogP contribution in [-0.4, -0.2) is 14.0 Å². The molecule has 0 aromatic carbocycles. The Labute approximate surface area is 71.4 Å². The van der Waals surface area contributed by atoms with E-state index >= 15 is 0 Å². The maximum atomic E-state index is 5.52. The Morgan fingerprint density at radius 2 is 2.00 bits per heavy atom. The van der Waals surface area contributed by atoms with Crippen molar-refractivity contribution in [3.05, 3.63) is 10.2 Å². The molecule has 0 nitrogen and oxygen atoms in total. The van der Waals surface area contributed by atoms with Crippen molar-refractivity contribution in [2.24, 2.45) is 0 Å². The smallest absolute Gasteiger partial charge is 0.0861 e. The standard InChI is InChI=1S/C6H12BrClSi/c1-9(2,3)6(7)4-5-8/h4H,5H2,1-3H3/b6-4+. The summed E-state index contributed by atoms with van der Waals surface area (Å²) in [6.07, 6.45) is 2.04. The molecule has 0 amide bonds. The zero-order chi connectivity index (χ0) is 7.49. The van der Waals surface area contributed by atoms with Crippen molar-refractivity contribution in [1.29, 1.82) is 0 Å². The van der Waals surface area contributed by atoms with Gasteiger partial charge in [0.15, 0.2) is 0 Å². The molecule has 0 aromatic heterocycles. The number of alkyl halides is 1. The second-order valence-electron chi connectivity index (χ2n) is 2.96. The topological polar surface area (TPSA) is 0 Å². The maximum Gasteiger partial charge on any atom is 0.0861 e. The van der Waals surface area contributed by atoms with Gasteiger partial charge in [-0.2, -0.15) is 0 Å². The average molecular weight is 228 g/mol. The van der Waals surface area contributed by atoms with Crippen LogP contribution in [0.1, 0.15) is 0 Å². The minimum absolute atomic E-state index is 0.616. The van der Waals surface area contributed by atoms with Gasteiger partial charge in [0.1, 0.15) is 0 Å². The van der Waals surface area contributed by atoms with Gasteiger partial charge in [0, 0.05) is 5.88 Å². The lowest BCUT2D eigenvalue weighted by atomic mass is 10.8. The highest BCUT2D eigenvalue weighted by Gasteiger charge is 2.15. The summed E-state index contributed by atoms with van der Waals surface area (Å²) in [4.78, 5) is 0. The Bertz CT molecular complexity index is 115. The van der Waals surface area contributed by atoms with Crippen LogP contribution in [0, 0.1) is 0 Å². The van der Waals surface area contributed by atoms with Gasteiger partial charge in [-0.25, -0.2) is 0 Å². The predicted octanol–water partition coefficient (Wildman–Crippen LogP) is 3.38. The van der Waals surface area contributed by atoms with Gasteiger partial charge < -0.3 is 0 Å². The molecule has 54 valence electrons. The second-order valence-corrected chi connectivity index (χ2v) is 9.89. The first kappa shape index (κ1) is 9.73. The number of hydrogen-bond donors (Lipinski definition) is 0. The lowest BCUT2D eigenvalue weighted by Gasteiger charge is -2.13. The van der Waals surface area contributed by atoms with E-state index in [9.17, 15) is 0 Å². The monoisotopic (exact) mass is 226 g/mol. The summed E-state index contributed by atoms with van der Waals surface area (Å²) in [6, 6.07) is 0. The number of hydrogen-bond acceptors (Lipinski definition) is 0. The van der Waals surface area contributed by atoms with Crippen LogP contribution in [0.4, 0.5) is 0 Å². The molecule has 0 aromatic rings. The third-order valence-electron chi connectivity index (χ3n) is 0.973. The summed E-state index contributed by atoms with van der Waals surface area (Å²) in [5, 5.41) is 0. The van der Waals surface area contributed by atoms with Gasteiger partial charge in [0.05, 0.1) is 8.07 Å². The number of allylic oxidation sites excluding steroid dienone is 1. The molecular formula is C6H12BrClSi. The molecule has 0 fully saturated rings. The minimum Gasteiger partial charge on any atom is -0.122 e. The molecule has 0 bridgehead atoms. The van der Waals surface area contributed by atoms with Gasteiger partial charge >= 0.3 is 0 Å². The van der Waals surface area contributed by atoms with E-state index < -0.39 is 8.07 Å². The zero-order valence-electron chi connectivity index (χ0n) is 6.04. The van der Waals surface area contributed by atoms with Crippen LogP contribution in [0.2, 0.25) is 19.6 Å². The molecule has 0 atom stereocenters. The van der Waals surface area contributed by atoms with Crippen LogP contribution in [-0.2, 0) is 0 Å². The van der Waals surface area contributed by atoms with Crippen LogP contribution < -0.4 is 0 Å². The lowest BCUT2D eigenvalue weighted by Crippen LogP contribution is -2.20. The summed E-state index contributed by atoms with van der Waals surface area (Å²) >= 11 is 9.02. The molecular weight excluding hydrogens is 216 g/mol. The highest BCUT2D eigenvalue weighted by Crippen LogP contribution is 2.20. The van der Waals surface area contributed by atoms with Crippen molar-refractivity contribution in [1.82, 2.24) is 0 Å². The van der Waals surface area contributed by atoms with Crippen molar-refractivity contribution in [2.75, 3.05) is 5.88 Å². The maximum absolute atomic E-state index is 5.52. The van der Waals surface area contributed by atoms with E-state index in [2.05, 4.69) is 35.6 Å². The molecule has 0 heterocycles. The Morgan fingerprint density at radius 3 is 2.11 bits per heavy atom. The zero-order valence-corrected chi connectivity index (χ0v) is 9.38. The SMILES string of the molecule is C[Si](C)(C)/C(Br)=C/CCl. The first-order chi connectivity index (χ1) is 3.98. The first-order valence-electron chi connectivity index (χ1n) is 2.90. The molecule has 0 rings (SSSR count). The minimum atomic E-state index is -1.09. The van der Waals surface area contributed by atoms with Gasteiger partial charge in [-0.15, -0.1) is 11.6 Å². The fourth-order valence-corrected chi connectivity index (χ4v) is 1.72. The highest BCUT2D eigenvalue weighted by molar-refractivity contribution is 9.12. The summed E-state index contributed by atoms with van der Waals surface area (Å²) in [6.45, 7) is 6.83. The van der Waals surface area contributed by atoms with E-state index in [-0.39, 0.29) is 0 Å². The van der Waals surface area contributed by atoms with E-state index in [1.807, 2.05) is 6.08 Å². The molecule has 0 saturated carbocycles. The van der Waals surface area contributed by atoms with Crippen LogP contribution in [0.25, 0.3) is 0 Å². The van der Waals surface area contributed by atoms with Crippen molar-refractivity contribution in [3.63, 3.8) is 0 Å². The summed E-state index contributed by atoms with van der Waals surface area (Å²) in [5.41, 5.74) is 0. The van der Waals surface area contributed by atoms with Crippen LogP contribution in [0.3, 0.4) is 0 Å². The summed E-state index contributed by atoms with van der Waals surface area (Å²) in [7, 11) is -1.09. The first-order valence-corrected chi connectivity index (χ1v) is 7.73.